The molecule has 6 heteroatoms. The van der Waals surface area contributed by atoms with Crippen molar-refractivity contribution < 1.29 is 0 Å². The third-order valence-corrected chi connectivity index (χ3v) is 6.13. The summed E-state index contributed by atoms with van der Waals surface area (Å²) in [4.78, 5) is 11.8. The van der Waals surface area contributed by atoms with Gasteiger partial charge in [-0.2, -0.15) is 0 Å². The van der Waals surface area contributed by atoms with E-state index in [0.717, 1.165) is 49.3 Å². The van der Waals surface area contributed by atoms with E-state index in [1.165, 1.54) is 22.3 Å². The summed E-state index contributed by atoms with van der Waals surface area (Å²) in [5, 5.41) is 4.23. The highest BCUT2D eigenvalue weighted by Gasteiger charge is 2.31. The second-order valence-electron chi connectivity index (χ2n) is 7.67. The van der Waals surface area contributed by atoms with E-state index in [1.54, 1.807) is 0 Å². The smallest absolute Gasteiger partial charge is 0.105 e. The second kappa shape index (κ2) is 7.75. The Balaban J connectivity index is 1.69. The molecule has 2 aliphatic rings. The Kier molecular flexibility index (Phi) is 4.96. The fraction of sp³-hybridized carbons (Fsp3) is 0.304. The summed E-state index contributed by atoms with van der Waals surface area (Å²) in [5.41, 5.74) is 6.01. The Hall–Kier alpha value is -2.47. The molecule has 5 nitrogen and oxygen atoms in total. The third kappa shape index (κ3) is 3.50. The second-order valence-corrected chi connectivity index (χ2v) is 8.11. The number of allylic oxidation sites excluding steroid dienone is 1. The molecule has 1 aliphatic heterocycles. The Labute approximate surface area is 176 Å². The van der Waals surface area contributed by atoms with Gasteiger partial charge in [-0.1, -0.05) is 23.7 Å². The molecule has 0 amide bonds. The first-order valence-corrected chi connectivity index (χ1v) is 10.5. The number of hydrogen-bond acceptors (Lipinski definition) is 4. The molecule has 29 heavy (non-hydrogen) atoms. The van der Waals surface area contributed by atoms with Crippen molar-refractivity contribution in [2.45, 2.75) is 19.5 Å². The number of nitrogens with zero attached hydrogens (tertiary/aromatic N) is 4. The third-order valence-electron chi connectivity index (χ3n) is 5.90. The van der Waals surface area contributed by atoms with E-state index in [4.69, 9.17) is 16.6 Å². The maximum absolute atomic E-state index is 6.41. The zero-order valence-corrected chi connectivity index (χ0v) is 17.2. The van der Waals surface area contributed by atoms with Gasteiger partial charge in [0.2, 0.25) is 0 Å². The van der Waals surface area contributed by atoms with Gasteiger partial charge < -0.3 is 9.88 Å². The van der Waals surface area contributed by atoms with Gasteiger partial charge in [-0.25, -0.2) is 4.98 Å². The lowest BCUT2D eigenvalue weighted by Crippen LogP contribution is -2.45. The molecule has 0 spiro atoms. The summed E-state index contributed by atoms with van der Waals surface area (Å²) in [6, 6.07) is 10.6. The largest absolute Gasteiger partial charge is 0.331 e. The number of aromatic nitrogens is 3. The predicted molar refractivity (Wildman–Crippen MR) is 117 cm³/mol. The number of imidazole rings is 1. The molecule has 3 aromatic rings. The van der Waals surface area contributed by atoms with Crippen LogP contribution in [-0.2, 0) is 6.54 Å². The lowest BCUT2D eigenvalue weighted by molar-refractivity contribution is 0.195. The van der Waals surface area contributed by atoms with Gasteiger partial charge in [0, 0.05) is 61.9 Å². The molecule has 1 aromatic carbocycles. The standard InChI is InChI=1S/C23H24ClN5/c1-16-26-9-12-29(16)15-18-13-17-14-19(24)4-5-21(17)23(28-10-7-25-8-11-28)22-20(18)3-2-6-27-22/h2-6,9,12-14,23,25H,7-8,10-11,15H2,1H3. The first-order valence-electron chi connectivity index (χ1n) is 10.1. The molecule has 1 atom stereocenters. The normalized spacial score (nSPS) is 19.2. The van der Waals surface area contributed by atoms with E-state index in [1.807, 2.05) is 37.6 Å². The van der Waals surface area contributed by atoms with Crippen molar-refractivity contribution in [2.24, 2.45) is 0 Å². The van der Waals surface area contributed by atoms with Crippen molar-refractivity contribution in [2.75, 3.05) is 26.2 Å². The van der Waals surface area contributed by atoms with Gasteiger partial charge in [0.05, 0.1) is 11.7 Å². The summed E-state index contributed by atoms with van der Waals surface area (Å²) in [6.45, 7) is 6.78. The van der Waals surface area contributed by atoms with Crippen molar-refractivity contribution in [3.05, 3.63) is 82.2 Å². The summed E-state index contributed by atoms with van der Waals surface area (Å²) in [5.74, 6) is 1.01. The Bertz CT molecular complexity index is 1060. The molecular formula is C23H24ClN5. The van der Waals surface area contributed by atoms with Crippen LogP contribution in [0.3, 0.4) is 0 Å². The van der Waals surface area contributed by atoms with E-state index in [0.29, 0.717) is 0 Å². The molecule has 1 unspecified atom stereocenters. The molecule has 0 saturated carbocycles. The van der Waals surface area contributed by atoms with Crippen LogP contribution in [0.5, 0.6) is 0 Å². The zero-order valence-electron chi connectivity index (χ0n) is 16.5. The summed E-state index contributed by atoms with van der Waals surface area (Å²) in [6.07, 6.45) is 8.08. The van der Waals surface area contributed by atoms with Crippen LogP contribution in [-0.4, -0.2) is 45.6 Å². The number of piperazine rings is 1. The molecular weight excluding hydrogens is 382 g/mol. The number of aryl methyl sites for hydroxylation is 1. The molecule has 1 saturated heterocycles. The van der Waals surface area contributed by atoms with Crippen molar-refractivity contribution in [3.63, 3.8) is 0 Å². The van der Waals surface area contributed by atoms with Gasteiger partial charge >= 0.3 is 0 Å². The molecule has 5 rings (SSSR count). The highest BCUT2D eigenvalue weighted by molar-refractivity contribution is 6.30. The Morgan fingerprint density at radius 2 is 2.00 bits per heavy atom. The number of halogens is 1. The van der Waals surface area contributed by atoms with Crippen LogP contribution < -0.4 is 5.32 Å². The van der Waals surface area contributed by atoms with Crippen molar-refractivity contribution >= 4 is 23.3 Å². The van der Waals surface area contributed by atoms with Gasteiger partial charge in [0.15, 0.2) is 0 Å². The maximum atomic E-state index is 6.41. The highest BCUT2D eigenvalue weighted by atomic mass is 35.5. The molecule has 1 fully saturated rings. The van der Waals surface area contributed by atoms with Gasteiger partial charge in [-0.15, -0.1) is 0 Å². The maximum Gasteiger partial charge on any atom is 0.105 e. The zero-order chi connectivity index (χ0) is 19.8. The number of rotatable bonds is 3. The number of nitrogens with one attached hydrogen (secondary N) is 1. The van der Waals surface area contributed by atoms with Gasteiger partial charge in [-0.3, -0.25) is 9.88 Å². The quantitative estimate of drug-likeness (QED) is 0.720. The van der Waals surface area contributed by atoms with Crippen molar-refractivity contribution in [1.82, 2.24) is 24.8 Å². The molecule has 0 bridgehead atoms. The van der Waals surface area contributed by atoms with E-state index < -0.39 is 0 Å². The number of pyridine rings is 1. The van der Waals surface area contributed by atoms with E-state index in [2.05, 4.69) is 44.0 Å². The van der Waals surface area contributed by atoms with Crippen LogP contribution >= 0.6 is 11.6 Å². The molecule has 1 aliphatic carbocycles. The lowest BCUT2D eigenvalue weighted by Gasteiger charge is -2.35. The SMILES string of the molecule is Cc1nccn1CC1=Cc2cc(Cl)ccc2C(N2CCNCC2)c2ncccc21. The Morgan fingerprint density at radius 1 is 1.14 bits per heavy atom. The van der Waals surface area contributed by atoms with Gasteiger partial charge in [0.1, 0.15) is 5.82 Å². The van der Waals surface area contributed by atoms with E-state index in [-0.39, 0.29) is 6.04 Å². The average molecular weight is 406 g/mol. The number of fused-ring (bicyclic) bond motifs is 2. The van der Waals surface area contributed by atoms with Gasteiger partial charge in [0.25, 0.3) is 0 Å². The van der Waals surface area contributed by atoms with E-state index in [9.17, 15) is 0 Å². The first kappa shape index (κ1) is 18.6. The van der Waals surface area contributed by atoms with Gasteiger partial charge in [-0.05, 0) is 47.9 Å². The van der Waals surface area contributed by atoms with Crippen LogP contribution in [0.15, 0.2) is 48.9 Å². The van der Waals surface area contributed by atoms with Crippen LogP contribution in [0.2, 0.25) is 5.02 Å². The fourth-order valence-electron chi connectivity index (χ4n) is 4.43. The van der Waals surface area contributed by atoms with E-state index >= 15 is 0 Å². The summed E-state index contributed by atoms with van der Waals surface area (Å²) < 4.78 is 2.18. The van der Waals surface area contributed by atoms with Crippen LogP contribution in [0.4, 0.5) is 0 Å². The predicted octanol–water partition coefficient (Wildman–Crippen LogP) is 3.79. The van der Waals surface area contributed by atoms with Crippen molar-refractivity contribution in [3.8, 4) is 0 Å². The first-order chi connectivity index (χ1) is 14.2. The fourth-order valence-corrected chi connectivity index (χ4v) is 4.61. The molecule has 0 radical (unpaired) electrons. The minimum absolute atomic E-state index is 0.123. The molecule has 2 aromatic heterocycles. The minimum atomic E-state index is 0.123. The number of hydrogen-bond donors (Lipinski definition) is 1. The van der Waals surface area contributed by atoms with Crippen molar-refractivity contribution in [1.29, 1.82) is 0 Å². The van der Waals surface area contributed by atoms with Crippen LogP contribution in [0.1, 0.15) is 34.3 Å². The topological polar surface area (TPSA) is 46.0 Å². The summed E-state index contributed by atoms with van der Waals surface area (Å²) >= 11 is 6.41. The number of benzene rings is 1. The van der Waals surface area contributed by atoms with Crippen LogP contribution in [0.25, 0.3) is 11.6 Å². The molecule has 1 N–H and O–H groups in total. The monoisotopic (exact) mass is 405 g/mol. The van der Waals surface area contributed by atoms with Crippen LogP contribution in [0, 0.1) is 6.92 Å². The minimum Gasteiger partial charge on any atom is -0.331 e. The molecule has 3 heterocycles. The lowest BCUT2D eigenvalue weighted by atomic mass is 9.95. The molecule has 148 valence electrons. The average Bonchev–Trinajstić information content (AvgIpc) is 3.09. The highest BCUT2D eigenvalue weighted by Crippen LogP contribution is 2.40. The summed E-state index contributed by atoms with van der Waals surface area (Å²) in [7, 11) is 0. The Morgan fingerprint density at radius 3 is 2.79 bits per heavy atom.